The Morgan fingerprint density at radius 1 is 1.24 bits per heavy atom. The quantitative estimate of drug-likeness (QED) is 0.806. The first kappa shape index (κ1) is 12.3. The standard InChI is InChI=1S/C15H24N2/c1-3-12-7-9-14(10-8-12)17(2)15-6-4-5-13(16)11-15/h4-6,11-12,14H,3,7-10,16H2,1-2H3. The molecule has 17 heavy (non-hydrogen) atoms. The number of nitrogen functional groups attached to an aromatic ring is 1. The molecule has 2 heteroatoms. The van der Waals surface area contributed by atoms with Crippen molar-refractivity contribution in [3.05, 3.63) is 24.3 Å². The molecule has 0 atom stereocenters. The molecular weight excluding hydrogens is 208 g/mol. The predicted octanol–water partition coefficient (Wildman–Crippen LogP) is 3.67. The summed E-state index contributed by atoms with van der Waals surface area (Å²) in [6.45, 7) is 2.31. The van der Waals surface area contributed by atoms with E-state index in [1.807, 2.05) is 12.1 Å². The molecule has 0 spiro atoms. The van der Waals surface area contributed by atoms with Crippen LogP contribution in [0.3, 0.4) is 0 Å². The van der Waals surface area contributed by atoms with E-state index in [1.54, 1.807) is 0 Å². The van der Waals surface area contributed by atoms with Crippen LogP contribution in [-0.4, -0.2) is 13.1 Å². The van der Waals surface area contributed by atoms with Gasteiger partial charge in [0.25, 0.3) is 0 Å². The molecule has 1 aromatic carbocycles. The second-order valence-corrected chi connectivity index (χ2v) is 5.29. The summed E-state index contributed by atoms with van der Waals surface area (Å²) in [4.78, 5) is 2.40. The maximum atomic E-state index is 5.84. The van der Waals surface area contributed by atoms with Crippen molar-refractivity contribution in [3.63, 3.8) is 0 Å². The smallest absolute Gasteiger partial charge is 0.0386 e. The van der Waals surface area contributed by atoms with E-state index in [2.05, 4.69) is 31.0 Å². The molecule has 0 aromatic heterocycles. The Labute approximate surface area is 105 Å². The highest BCUT2D eigenvalue weighted by Gasteiger charge is 2.23. The van der Waals surface area contributed by atoms with Gasteiger partial charge in [0, 0.05) is 24.5 Å². The van der Waals surface area contributed by atoms with Gasteiger partial charge in [0.05, 0.1) is 0 Å². The largest absolute Gasteiger partial charge is 0.399 e. The topological polar surface area (TPSA) is 29.3 Å². The Bertz CT molecular complexity index is 354. The lowest BCUT2D eigenvalue weighted by atomic mass is 9.84. The van der Waals surface area contributed by atoms with E-state index in [0.717, 1.165) is 11.6 Å². The number of rotatable bonds is 3. The maximum absolute atomic E-state index is 5.84. The third-order valence-corrected chi connectivity index (χ3v) is 4.22. The van der Waals surface area contributed by atoms with E-state index in [0.29, 0.717) is 6.04 Å². The summed E-state index contributed by atoms with van der Waals surface area (Å²) >= 11 is 0. The first-order chi connectivity index (χ1) is 8.20. The normalized spacial score (nSPS) is 24.6. The van der Waals surface area contributed by atoms with Gasteiger partial charge in [0.15, 0.2) is 0 Å². The number of nitrogens with two attached hydrogens (primary N) is 1. The molecule has 1 aliphatic carbocycles. The highest BCUT2D eigenvalue weighted by Crippen LogP contribution is 2.31. The molecule has 0 heterocycles. The van der Waals surface area contributed by atoms with Crippen molar-refractivity contribution in [3.8, 4) is 0 Å². The molecule has 1 aliphatic rings. The SMILES string of the molecule is CCC1CCC(N(C)c2cccc(N)c2)CC1. The van der Waals surface area contributed by atoms with Crippen molar-refractivity contribution in [2.45, 2.75) is 45.1 Å². The Hall–Kier alpha value is -1.18. The summed E-state index contributed by atoms with van der Waals surface area (Å²) in [6.07, 6.45) is 6.75. The van der Waals surface area contributed by atoms with Crippen LogP contribution in [0.5, 0.6) is 0 Å². The molecule has 0 aliphatic heterocycles. The summed E-state index contributed by atoms with van der Waals surface area (Å²) < 4.78 is 0. The highest BCUT2D eigenvalue weighted by molar-refractivity contribution is 5.56. The van der Waals surface area contributed by atoms with Crippen LogP contribution in [0.1, 0.15) is 39.0 Å². The molecule has 0 amide bonds. The van der Waals surface area contributed by atoms with Crippen molar-refractivity contribution >= 4 is 11.4 Å². The van der Waals surface area contributed by atoms with Crippen molar-refractivity contribution < 1.29 is 0 Å². The Morgan fingerprint density at radius 2 is 1.94 bits per heavy atom. The first-order valence-corrected chi connectivity index (χ1v) is 6.79. The molecule has 1 aromatic rings. The molecule has 1 saturated carbocycles. The van der Waals surface area contributed by atoms with Gasteiger partial charge in [-0.1, -0.05) is 19.4 Å². The predicted molar refractivity (Wildman–Crippen MR) is 75.3 cm³/mol. The van der Waals surface area contributed by atoms with Gasteiger partial charge >= 0.3 is 0 Å². The number of hydrogen-bond acceptors (Lipinski definition) is 2. The number of benzene rings is 1. The second-order valence-electron chi connectivity index (χ2n) is 5.29. The highest BCUT2D eigenvalue weighted by atomic mass is 15.1. The summed E-state index contributed by atoms with van der Waals surface area (Å²) in [5.74, 6) is 0.959. The summed E-state index contributed by atoms with van der Waals surface area (Å²) in [5.41, 5.74) is 7.96. The van der Waals surface area contributed by atoms with E-state index < -0.39 is 0 Å². The van der Waals surface area contributed by atoms with Crippen LogP contribution in [0.15, 0.2) is 24.3 Å². The zero-order valence-corrected chi connectivity index (χ0v) is 11.0. The first-order valence-electron chi connectivity index (χ1n) is 6.79. The number of hydrogen-bond donors (Lipinski definition) is 1. The Kier molecular flexibility index (Phi) is 3.93. The lowest BCUT2D eigenvalue weighted by Crippen LogP contribution is -2.35. The van der Waals surface area contributed by atoms with Crippen LogP contribution in [-0.2, 0) is 0 Å². The zero-order chi connectivity index (χ0) is 12.3. The molecule has 94 valence electrons. The zero-order valence-electron chi connectivity index (χ0n) is 11.0. The number of anilines is 2. The lowest BCUT2D eigenvalue weighted by molar-refractivity contribution is 0.313. The van der Waals surface area contributed by atoms with E-state index >= 15 is 0 Å². The van der Waals surface area contributed by atoms with Crippen LogP contribution >= 0.6 is 0 Å². The molecule has 0 unspecified atom stereocenters. The van der Waals surface area contributed by atoms with Crippen molar-refractivity contribution in [1.29, 1.82) is 0 Å². The fraction of sp³-hybridized carbons (Fsp3) is 0.600. The fourth-order valence-electron chi connectivity index (χ4n) is 2.90. The minimum atomic E-state index is 0.694. The van der Waals surface area contributed by atoms with Crippen molar-refractivity contribution in [2.75, 3.05) is 17.7 Å². The van der Waals surface area contributed by atoms with E-state index in [9.17, 15) is 0 Å². The minimum Gasteiger partial charge on any atom is -0.399 e. The van der Waals surface area contributed by atoms with Crippen LogP contribution in [0.25, 0.3) is 0 Å². The fourth-order valence-corrected chi connectivity index (χ4v) is 2.90. The van der Waals surface area contributed by atoms with Gasteiger partial charge < -0.3 is 10.6 Å². The second kappa shape index (κ2) is 5.44. The molecular formula is C15H24N2. The van der Waals surface area contributed by atoms with Crippen LogP contribution in [0.2, 0.25) is 0 Å². The molecule has 0 saturated heterocycles. The lowest BCUT2D eigenvalue weighted by Gasteiger charge is -2.35. The van der Waals surface area contributed by atoms with Gasteiger partial charge in [-0.25, -0.2) is 0 Å². The van der Waals surface area contributed by atoms with Gasteiger partial charge in [-0.2, -0.15) is 0 Å². The van der Waals surface area contributed by atoms with Crippen LogP contribution in [0, 0.1) is 5.92 Å². The monoisotopic (exact) mass is 232 g/mol. The van der Waals surface area contributed by atoms with Gasteiger partial charge in [-0.3, -0.25) is 0 Å². The maximum Gasteiger partial charge on any atom is 0.0386 e. The van der Waals surface area contributed by atoms with E-state index in [1.165, 1.54) is 37.8 Å². The van der Waals surface area contributed by atoms with Crippen LogP contribution in [0.4, 0.5) is 11.4 Å². The van der Waals surface area contributed by atoms with Gasteiger partial charge in [-0.15, -0.1) is 0 Å². The van der Waals surface area contributed by atoms with Gasteiger partial charge in [0.1, 0.15) is 0 Å². The van der Waals surface area contributed by atoms with E-state index in [-0.39, 0.29) is 0 Å². The molecule has 2 nitrogen and oxygen atoms in total. The van der Waals surface area contributed by atoms with Gasteiger partial charge in [0.2, 0.25) is 0 Å². The van der Waals surface area contributed by atoms with Crippen LogP contribution < -0.4 is 10.6 Å². The average molecular weight is 232 g/mol. The average Bonchev–Trinajstić information content (AvgIpc) is 2.38. The minimum absolute atomic E-state index is 0.694. The number of nitrogens with zero attached hydrogens (tertiary/aromatic N) is 1. The van der Waals surface area contributed by atoms with Crippen molar-refractivity contribution in [1.82, 2.24) is 0 Å². The molecule has 0 bridgehead atoms. The summed E-state index contributed by atoms with van der Waals surface area (Å²) in [7, 11) is 2.20. The van der Waals surface area contributed by atoms with Crippen molar-refractivity contribution in [2.24, 2.45) is 5.92 Å². The Balaban J connectivity index is 1.99. The molecule has 0 radical (unpaired) electrons. The molecule has 2 rings (SSSR count). The van der Waals surface area contributed by atoms with E-state index in [4.69, 9.17) is 5.73 Å². The third-order valence-electron chi connectivity index (χ3n) is 4.22. The summed E-state index contributed by atoms with van der Waals surface area (Å²) in [6, 6.07) is 8.91. The van der Waals surface area contributed by atoms with Gasteiger partial charge in [-0.05, 0) is 49.8 Å². The third kappa shape index (κ3) is 2.93. The molecule has 2 N–H and O–H groups in total. The Morgan fingerprint density at radius 3 is 2.53 bits per heavy atom. The summed E-state index contributed by atoms with van der Waals surface area (Å²) in [5, 5.41) is 0. The molecule has 1 fully saturated rings.